The first-order valence-corrected chi connectivity index (χ1v) is 8.45. The molecule has 3 rings (SSSR count). The van der Waals surface area contributed by atoms with Gasteiger partial charge in [-0.1, -0.05) is 6.07 Å². The van der Waals surface area contributed by atoms with Gasteiger partial charge < -0.3 is 24.1 Å². The molecule has 0 bridgehead atoms. The van der Waals surface area contributed by atoms with E-state index in [0.29, 0.717) is 18.9 Å². The molecule has 146 valence electrons. The summed E-state index contributed by atoms with van der Waals surface area (Å²) in [7, 11) is 0. The third-order valence-corrected chi connectivity index (χ3v) is 3.98. The predicted molar refractivity (Wildman–Crippen MR) is 90.2 cm³/mol. The highest BCUT2D eigenvalue weighted by Crippen LogP contribution is 2.25. The molecule has 1 aromatic heterocycles. The summed E-state index contributed by atoms with van der Waals surface area (Å²) < 4.78 is 51.8. The molecule has 1 aromatic carbocycles. The summed E-state index contributed by atoms with van der Waals surface area (Å²) in [4.78, 5) is 14.2. The van der Waals surface area contributed by atoms with Gasteiger partial charge in [0, 0.05) is 24.9 Å². The highest BCUT2D eigenvalue weighted by molar-refractivity contribution is 5.89. The zero-order valence-corrected chi connectivity index (χ0v) is 14.4. The van der Waals surface area contributed by atoms with Gasteiger partial charge in [-0.25, -0.2) is 4.79 Å². The standard InChI is InChI=1S/C18H19F3N2O4/c19-18(20,21)27-14-5-1-4-13(10-14)22-17(24)23(11-15-6-2-8-25-15)12-16-7-3-9-26-16/h1-2,4-6,8,10,16H,3,7,9,11-12H2,(H,22,24). The van der Waals surface area contributed by atoms with Crippen LogP contribution in [0.2, 0.25) is 0 Å². The molecular weight excluding hydrogens is 365 g/mol. The highest BCUT2D eigenvalue weighted by Gasteiger charge is 2.31. The molecule has 1 atom stereocenters. The van der Waals surface area contributed by atoms with Crippen molar-refractivity contribution in [2.75, 3.05) is 18.5 Å². The van der Waals surface area contributed by atoms with E-state index in [-0.39, 0.29) is 18.3 Å². The summed E-state index contributed by atoms with van der Waals surface area (Å²) in [6.45, 7) is 1.22. The van der Waals surface area contributed by atoms with Gasteiger partial charge in [0.25, 0.3) is 0 Å². The smallest absolute Gasteiger partial charge is 0.467 e. The van der Waals surface area contributed by atoms with Crippen molar-refractivity contribution in [2.45, 2.75) is 31.9 Å². The van der Waals surface area contributed by atoms with Crippen LogP contribution in [0, 0.1) is 0 Å². The number of nitrogens with one attached hydrogen (secondary N) is 1. The molecule has 1 aliphatic heterocycles. The molecule has 6 nitrogen and oxygen atoms in total. The van der Waals surface area contributed by atoms with E-state index in [9.17, 15) is 18.0 Å². The minimum Gasteiger partial charge on any atom is -0.467 e. The average molecular weight is 384 g/mol. The molecule has 1 saturated heterocycles. The van der Waals surface area contributed by atoms with Crippen molar-refractivity contribution in [3.8, 4) is 5.75 Å². The number of amides is 2. The van der Waals surface area contributed by atoms with Gasteiger partial charge in [0.1, 0.15) is 11.5 Å². The number of anilines is 1. The summed E-state index contributed by atoms with van der Waals surface area (Å²) in [5.74, 6) is 0.189. The molecule has 2 heterocycles. The lowest BCUT2D eigenvalue weighted by molar-refractivity contribution is -0.274. The van der Waals surface area contributed by atoms with Crippen LogP contribution < -0.4 is 10.1 Å². The molecule has 1 unspecified atom stereocenters. The van der Waals surface area contributed by atoms with Crippen LogP contribution in [0.5, 0.6) is 5.75 Å². The molecule has 0 radical (unpaired) electrons. The second kappa shape index (κ2) is 8.34. The van der Waals surface area contributed by atoms with E-state index >= 15 is 0 Å². The highest BCUT2D eigenvalue weighted by atomic mass is 19.4. The number of nitrogens with zero attached hydrogens (tertiary/aromatic N) is 1. The molecule has 9 heteroatoms. The fraction of sp³-hybridized carbons (Fsp3) is 0.389. The Labute approximate surface area is 153 Å². The Bertz CT molecular complexity index is 743. The number of hydrogen-bond acceptors (Lipinski definition) is 4. The van der Waals surface area contributed by atoms with E-state index in [2.05, 4.69) is 10.1 Å². The monoisotopic (exact) mass is 384 g/mol. The quantitative estimate of drug-likeness (QED) is 0.802. The number of hydrogen-bond donors (Lipinski definition) is 1. The van der Waals surface area contributed by atoms with Crippen LogP contribution in [0.15, 0.2) is 47.1 Å². The van der Waals surface area contributed by atoms with Crippen LogP contribution in [0.3, 0.4) is 0 Å². The summed E-state index contributed by atoms with van der Waals surface area (Å²) in [5, 5.41) is 2.60. The van der Waals surface area contributed by atoms with Crippen LogP contribution in [-0.4, -0.2) is 36.5 Å². The van der Waals surface area contributed by atoms with Crippen LogP contribution in [0.1, 0.15) is 18.6 Å². The SMILES string of the molecule is O=C(Nc1cccc(OC(F)(F)F)c1)N(Cc1ccco1)CC1CCCO1. The minimum absolute atomic E-state index is 0.0781. The number of alkyl halides is 3. The Morgan fingerprint density at radius 2 is 2.15 bits per heavy atom. The van der Waals surface area contributed by atoms with Crippen molar-refractivity contribution in [3.63, 3.8) is 0 Å². The van der Waals surface area contributed by atoms with Gasteiger partial charge in [-0.05, 0) is 37.1 Å². The molecule has 2 aromatic rings. The maximum absolute atomic E-state index is 12.7. The minimum atomic E-state index is -4.80. The maximum Gasteiger partial charge on any atom is 0.573 e. The third kappa shape index (κ3) is 5.92. The van der Waals surface area contributed by atoms with E-state index < -0.39 is 18.1 Å². The van der Waals surface area contributed by atoms with Gasteiger partial charge >= 0.3 is 12.4 Å². The topological polar surface area (TPSA) is 63.9 Å². The van der Waals surface area contributed by atoms with Crippen LogP contribution in [-0.2, 0) is 11.3 Å². The molecule has 0 aliphatic carbocycles. The van der Waals surface area contributed by atoms with E-state index in [1.807, 2.05) is 0 Å². The van der Waals surface area contributed by atoms with E-state index in [1.54, 1.807) is 12.1 Å². The first-order valence-electron chi connectivity index (χ1n) is 8.45. The summed E-state index contributed by atoms with van der Waals surface area (Å²) in [6.07, 6.45) is -1.59. The van der Waals surface area contributed by atoms with Crippen LogP contribution in [0.4, 0.5) is 23.7 Å². The van der Waals surface area contributed by atoms with Crippen molar-refractivity contribution < 1.29 is 31.9 Å². The van der Waals surface area contributed by atoms with Gasteiger partial charge in [-0.3, -0.25) is 0 Å². The lowest BCUT2D eigenvalue weighted by Crippen LogP contribution is -2.39. The molecule has 0 spiro atoms. The molecule has 1 N–H and O–H groups in total. The number of carbonyl (C=O) groups is 1. The van der Waals surface area contributed by atoms with Crippen molar-refractivity contribution in [2.24, 2.45) is 0 Å². The molecule has 27 heavy (non-hydrogen) atoms. The number of urea groups is 1. The Morgan fingerprint density at radius 3 is 2.81 bits per heavy atom. The van der Waals surface area contributed by atoms with Crippen molar-refractivity contribution in [1.82, 2.24) is 4.90 Å². The molecule has 1 fully saturated rings. The number of carbonyl (C=O) groups excluding carboxylic acids is 1. The zero-order chi connectivity index (χ0) is 19.3. The zero-order valence-electron chi connectivity index (χ0n) is 14.4. The van der Waals surface area contributed by atoms with E-state index in [4.69, 9.17) is 9.15 Å². The summed E-state index contributed by atoms with van der Waals surface area (Å²) in [6, 6.07) is 8.12. The third-order valence-electron chi connectivity index (χ3n) is 3.98. The van der Waals surface area contributed by atoms with Gasteiger partial charge in [-0.2, -0.15) is 0 Å². The Morgan fingerprint density at radius 1 is 1.30 bits per heavy atom. The van der Waals surface area contributed by atoms with Crippen molar-refractivity contribution in [3.05, 3.63) is 48.4 Å². The summed E-state index contributed by atoms with van der Waals surface area (Å²) >= 11 is 0. The second-order valence-corrected chi connectivity index (χ2v) is 6.10. The Hall–Kier alpha value is -2.68. The lowest BCUT2D eigenvalue weighted by atomic mass is 10.2. The molecule has 2 amide bonds. The van der Waals surface area contributed by atoms with Crippen LogP contribution in [0.25, 0.3) is 0 Å². The maximum atomic E-state index is 12.7. The normalized spacial score (nSPS) is 16.9. The number of furan rings is 1. The second-order valence-electron chi connectivity index (χ2n) is 6.10. The molecule has 1 aliphatic rings. The number of benzene rings is 1. The van der Waals surface area contributed by atoms with Gasteiger partial charge in [0.15, 0.2) is 0 Å². The fourth-order valence-electron chi connectivity index (χ4n) is 2.82. The van der Waals surface area contributed by atoms with Crippen LogP contribution >= 0.6 is 0 Å². The Balaban J connectivity index is 1.68. The molecular formula is C18H19F3N2O4. The van der Waals surface area contributed by atoms with E-state index in [1.165, 1.54) is 23.3 Å². The number of ether oxygens (including phenoxy) is 2. The largest absolute Gasteiger partial charge is 0.573 e. The van der Waals surface area contributed by atoms with Gasteiger partial charge in [0.2, 0.25) is 0 Å². The average Bonchev–Trinajstić information content (AvgIpc) is 3.26. The first kappa shape index (κ1) is 19.1. The fourth-order valence-corrected chi connectivity index (χ4v) is 2.82. The van der Waals surface area contributed by atoms with Gasteiger partial charge in [-0.15, -0.1) is 13.2 Å². The predicted octanol–water partition coefficient (Wildman–Crippen LogP) is 4.39. The van der Waals surface area contributed by atoms with Crippen molar-refractivity contribution >= 4 is 11.7 Å². The number of halogens is 3. The van der Waals surface area contributed by atoms with E-state index in [0.717, 1.165) is 25.0 Å². The summed E-state index contributed by atoms with van der Waals surface area (Å²) in [5.41, 5.74) is 0.193. The number of rotatable bonds is 6. The molecule has 0 saturated carbocycles. The van der Waals surface area contributed by atoms with Crippen molar-refractivity contribution in [1.29, 1.82) is 0 Å². The van der Waals surface area contributed by atoms with Gasteiger partial charge in [0.05, 0.1) is 18.9 Å². The lowest BCUT2D eigenvalue weighted by Gasteiger charge is -2.25. The Kier molecular flexibility index (Phi) is 5.90. The first-order chi connectivity index (χ1) is 12.9.